The van der Waals surface area contributed by atoms with Crippen molar-refractivity contribution in [3.8, 4) is 11.5 Å². The Morgan fingerprint density at radius 1 is 0.933 bits per heavy atom. The van der Waals surface area contributed by atoms with E-state index in [9.17, 15) is 9.59 Å². The summed E-state index contributed by atoms with van der Waals surface area (Å²) in [5, 5.41) is 0. The van der Waals surface area contributed by atoms with Crippen molar-refractivity contribution >= 4 is 11.9 Å². The summed E-state index contributed by atoms with van der Waals surface area (Å²) in [6.45, 7) is 0.953. The lowest BCUT2D eigenvalue weighted by molar-refractivity contribution is -0.0442. The Morgan fingerprint density at radius 3 is 2.53 bits per heavy atom. The number of piperidine rings is 1. The monoisotopic (exact) mass is 399 g/mol. The van der Waals surface area contributed by atoms with Crippen molar-refractivity contribution in [1.29, 1.82) is 0 Å². The summed E-state index contributed by atoms with van der Waals surface area (Å²) in [4.78, 5) is 27.6. The van der Waals surface area contributed by atoms with Crippen LogP contribution in [0.3, 0.4) is 0 Å². The molecule has 0 N–H and O–H groups in total. The number of likely N-dealkylation sites (tertiary alicyclic amines) is 1. The molecule has 1 fully saturated rings. The summed E-state index contributed by atoms with van der Waals surface area (Å²) in [6, 6.07) is 24.1. The number of carbonyl (C=O) groups is 2. The Balaban J connectivity index is 1.44. The molecule has 150 valence electrons. The number of nitrogens with zero attached hydrogens (tertiary/aromatic N) is 1. The van der Waals surface area contributed by atoms with Crippen LogP contribution in [0, 0.1) is 0 Å². The second-order valence-electron chi connectivity index (χ2n) is 7.67. The number of rotatable bonds is 3. The van der Waals surface area contributed by atoms with Crippen LogP contribution >= 0.6 is 0 Å². The van der Waals surface area contributed by atoms with E-state index in [1.165, 1.54) is 0 Å². The molecule has 2 aliphatic rings. The number of carbonyl (C=O) groups excluding carboxylic acids is 2. The largest absolute Gasteiger partial charge is 0.457 e. The Kier molecular flexibility index (Phi) is 4.51. The van der Waals surface area contributed by atoms with E-state index < -0.39 is 5.60 Å². The van der Waals surface area contributed by atoms with E-state index in [2.05, 4.69) is 0 Å². The van der Waals surface area contributed by atoms with Gasteiger partial charge in [0.1, 0.15) is 11.5 Å². The summed E-state index contributed by atoms with van der Waals surface area (Å²) in [6.07, 6.45) is 1.47. The van der Waals surface area contributed by atoms with Gasteiger partial charge in [-0.1, -0.05) is 48.5 Å². The number of esters is 1. The first-order valence-corrected chi connectivity index (χ1v) is 10.1. The smallest absolute Gasteiger partial charge is 0.339 e. The van der Waals surface area contributed by atoms with Crippen molar-refractivity contribution in [3.63, 3.8) is 0 Å². The molecule has 2 aliphatic heterocycles. The van der Waals surface area contributed by atoms with Crippen LogP contribution in [-0.2, 0) is 10.3 Å². The van der Waals surface area contributed by atoms with Gasteiger partial charge in [0.05, 0.1) is 17.7 Å². The third-order valence-corrected chi connectivity index (χ3v) is 5.76. The summed E-state index contributed by atoms with van der Waals surface area (Å²) < 4.78 is 11.8. The Labute approximate surface area is 174 Å². The van der Waals surface area contributed by atoms with Crippen molar-refractivity contribution in [2.24, 2.45) is 0 Å². The van der Waals surface area contributed by atoms with Gasteiger partial charge in [-0.15, -0.1) is 0 Å². The first-order valence-electron chi connectivity index (χ1n) is 10.1. The molecule has 0 radical (unpaired) electrons. The number of hydrogen-bond acceptors (Lipinski definition) is 4. The molecule has 1 amide bonds. The minimum atomic E-state index is -0.767. The Hall–Kier alpha value is -3.60. The zero-order valence-electron chi connectivity index (χ0n) is 16.4. The fourth-order valence-electron chi connectivity index (χ4n) is 4.36. The Morgan fingerprint density at radius 2 is 1.67 bits per heavy atom. The van der Waals surface area contributed by atoms with Crippen molar-refractivity contribution in [3.05, 3.63) is 95.6 Å². The molecule has 1 saturated heterocycles. The topological polar surface area (TPSA) is 55.8 Å². The number of amides is 1. The van der Waals surface area contributed by atoms with Crippen LogP contribution in [-0.4, -0.2) is 29.9 Å². The molecule has 0 bridgehead atoms. The van der Waals surface area contributed by atoms with Crippen molar-refractivity contribution < 1.29 is 19.1 Å². The van der Waals surface area contributed by atoms with Crippen molar-refractivity contribution in [2.75, 3.05) is 13.1 Å². The lowest BCUT2D eigenvalue weighted by Crippen LogP contribution is -2.48. The highest BCUT2D eigenvalue weighted by Gasteiger charge is 2.48. The molecule has 1 spiro atoms. The normalized spacial score (nSPS) is 20.0. The van der Waals surface area contributed by atoms with Gasteiger partial charge in [-0.3, -0.25) is 4.79 Å². The maximum absolute atomic E-state index is 13.4. The maximum Gasteiger partial charge on any atom is 0.339 e. The van der Waals surface area contributed by atoms with E-state index in [1.54, 1.807) is 23.1 Å². The molecule has 1 unspecified atom stereocenters. The number of benzene rings is 3. The second kappa shape index (κ2) is 7.34. The molecule has 0 saturated carbocycles. The average Bonchev–Trinajstić information content (AvgIpc) is 3.05. The van der Waals surface area contributed by atoms with Crippen LogP contribution in [0.15, 0.2) is 78.9 Å². The predicted octanol–water partition coefficient (Wildman–Crippen LogP) is 4.78. The first-order chi connectivity index (χ1) is 14.7. The van der Waals surface area contributed by atoms with E-state index in [0.29, 0.717) is 42.1 Å². The van der Waals surface area contributed by atoms with Gasteiger partial charge >= 0.3 is 5.97 Å². The number of para-hydroxylation sites is 2. The molecular weight excluding hydrogens is 378 g/mol. The molecule has 5 heteroatoms. The molecule has 3 aromatic rings. The molecule has 3 aromatic carbocycles. The van der Waals surface area contributed by atoms with Crippen LogP contribution in [0.2, 0.25) is 0 Å². The minimum Gasteiger partial charge on any atom is -0.457 e. The van der Waals surface area contributed by atoms with Gasteiger partial charge in [-0.25, -0.2) is 4.79 Å². The van der Waals surface area contributed by atoms with Crippen molar-refractivity contribution in [1.82, 2.24) is 4.90 Å². The van der Waals surface area contributed by atoms with Crippen LogP contribution < -0.4 is 4.74 Å². The van der Waals surface area contributed by atoms with Crippen molar-refractivity contribution in [2.45, 2.75) is 18.4 Å². The first kappa shape index (κ1) is 18.4. The van der Waals surface area contributed by atoms with Gasteiger partial charge in [0.15, 0.2) is 5.60 Å². The van der Waals surface area contributed by atoms with Gasteiger partial charge in [-0.2, -0.15) is 0 Å². The Bertz CT molecular complexity index is 1110. The zero-order chi connectivity index (χ0) is 20.6. The third-order valence-electron chi connectivity index (χ3n) is 5.76. The third kappa shape index (κ3) is 3.12. The molecular formula is C25H21NO4. The van der Waals surface area contributed by atoms with Gasteiger partial charge in [-0.05, 0) is 43.2 Å². The zero-order valence-corrected chi connectivity index (χ0v) is 16.4. The maximum atomic E-state index is 13.4. The second-order valence-corrected chi connectivity index (χ2v) is 7.67. The summed E-state index contributed by atoms with van der Waals surface area (Å²) in [7, 11) is 0. The van der Waals surface area contributed by atoms with Crippen LogP contribution in [0.5, 0.6) is 11.5 Å². The highest BCUT2D eigenvalue weighted by molar-refractivity contribution is 5.98. The molecule has 1 atom stereocenters. The molecule has 5 nitrogen and oxygen atoms in total. The van der Waals surface area contributed by atoms with Crippen LogP contribution in [0.25, 0.3) is 0 Å². The summed E-state index contributed by atoms with van der Waals surface area (Å²) in [5.74, 6) is 0.748. The van der Waals surface area contributed by atoms with E-state index >= 15 is 0 Å². The van der Waals surface area contributed by atoms with Gasteiger partial charge in [0.25, 0.3) is 5.91 Å². The SMILES string of the molecule is O=C1OC2(CCCN(C(=O)c3ccccc3Oc3ccccc3)C2)c2ccccc21. The fraction of sp³-hybridized carbons (Fsp3) is 0.200. The number of ether oxygens (including phenoxy) is 2. The van der Waals surface area contributed by atoms with Crippen LogP contribution in [0.4, 0.5) is 0 Å². The van der Waals surface area contributed by atoms with E-state index in [-0.39, 0.29) is 11.9 Å². The molecule has 0 aliphatic carbocycles. The standard InChI is InChI=1S/C25H21NO4/c27-23(20-12-5-7-14-22(20)29-18-9-2-1-3-10-18)26-16-8-15-25(17-26)21-13-6-4-11-19(21)24(28)30-25/h1-7,9-14H,8,15-17H2. The summed E-state index contributed by atoms with van der Waals surface area (Å²) >= 11 is 0. The lowest BCUT2D eigenvalue weighted by Gasteiger charge is -2.39. The van der Waals surface area contributed by atoms with E-state index in [4.69, 9.17) is 9.47 Å². The average molecular weight is 399 g/mol. The number of fused-ring (bicyclic) bond motifs is 2. The number of hydrogen-bond donors (Lipinski definition) is 0. The highest BCUT2D eigenvalue weighted by Crippen LogP contribution is 2.43. The van der Waals surface area contributed by atoms with Gasteiger partial charge < -0.3 is 14.4 Å². The quantitative estimate of drug-likeness (QED) is 0.595. The predicted molar refractivity (Wildman–Crippen MR) is 112 cm³/mol. The van der Waals surface area contributed by atoms with Gasteiger partial charge in [0, 0.05) is 12.1 Å². The van der Waals surface area contributed by atoms with E-state index in [0.717, 1.165) is 12.0 Å². The fourth-order valence-corrected chi connectivity index (χ4v) is 4.36. The molecule has 5 rings (SSSR count). The van der Waals surface area contributed by atoms with Gasteiger partial charge in [0.2, 0.25) is 0 Å². The molecule has 2 heterocycles. The highest BCUT2D eigenvalue weighted by atomic mass is 16.6. The summed E-state index contributed by atoms with van der Waals surface area (Å²) in [5.41, 5.74) is 1.20. The van der Waals surface area contributed by atoms with E-state index in [1.807, 2.05) is 60.7 Å². The van der Waals surface area contributed by atoms with Crippen LogP contribution in [0.1, 0.15) is 39.1 Å². The molecule has 30 heavy (non-hydrogen) atoms. The minimum absolute atomic E-state index is 0.124. The lowest BCUT2D eigenvalue weighted by atomic mass is 9.85. The molecule has 0 aromatic heterocycles.